The third kappa shape index (κ3) is 23.3. The van der Waals surface area contributed by atoms with Gasteiger partial charge in [-0.2, -0.15) is 0 Å². The first-order valence-corrected chi connectivity index (χ1v) is 27.0. The molecule has 1 aliphatic rings. The highest BCUT2D eigenvalue weighted by atomic mass is 16.5. The van der Waals surface area contributed by atoms with E-state index in [4.69, 9.17) is 4.74 Å². The topological polar surface area (TPSA) is 351 Å². The Balaban J connectivity index is 2.11. The van der Waals surface area contributed by atoms with Crippen molar-refractivity contribution in [2.24, 2.45) is 23.7 Å². The highest BCUT2D eigenvalue weighted by molar-refractivity contribution is 5.95. The number of phenolic OH excluding ortho intramolecular Hbond substituents is 1. The summed E-state index contributed by atoms with van der Waals surface area (Å²) in [6.45, 7) is 13.3. The maximum Gasteiger partial charge on any atom is 0.329 e. The first kappa shape index (κ1) is 67.7. The standard InChI is InChI=1S/C55H88N8O15/c1-11-12-13-14-15-16-17-18-43(69)59-48(32(4)5)52(74)57-38(28-64)42(68)27-46(72)62-49(33(6)7)53(75)58-39(29-65)41(67)26-45(71)61-47(31(2)3)51(73)56-36-21-24-44(70)60-50(34(8)9)54(76)63(10)40(55(77)78-30-36)25-35-19-22-37(66)23-20-35/h16-17,19-24,31-34,36,38-42,47-50,64-68H,11-15,18,25-30H2,1-10H3,(H,56,73)(H,57,74)(H,58,75)(H,59,69)(H,60,70)(H,61,71)(H,62,72)/b17-16-,24-21+/t36-,38+,39+,40+,41+,42+,47+,48+,49+,50+/m1/s1. The molecule has 23 nitrogen and oxygen atoms in total. The fraction of sp³-hybridized carbons (Fsp3) is 0.655. The van der Waals surface area contributed by atoms with E-state index in [1.807, 2.05) is 6.08 Å². The van der Waals surface area contributed by atoms with Gasteiger partial charge in [-0.15, -0.1) is 0 Å². The quantitative estimate of drug-likeness (QED) is 0.0280. The third-order valence-corrected chi connectivity index (χ3v) is 13.2. The molecule has 438 valence electrons. The Morgan fingerprint density at radius 1 is 0.705 bits per heavy atom. The molecule has 0 fully saturated rings. The molecule has 0 unspecified atom stereocenters. The van der Waals surface area contributed by atoms with Crippen molar-refractivity contribution in [3.63, 3.8) is 0 Å². The third-order valence-electron chi connectivity index (χ3n) is 13.2. The molecule has 0 bridgehead atoms. The zero-order valence-electron chi connectivity index (χ0n) is 47.0. The number of cyclic esters (lactones) is 1. The summed E-state index contributed by atoms with van der Waals surface area (Å²) in [6, 6.07) is -3.73. The van der Waals surface area contributed by atoms with Crippen LogP contribution in [0.2, 0.25) is 0 Å². The number of nitrogens with zero attached hydrogens (tertiary/aromatic N) is 1. The second kappa shape index (κ2) is 34.5. The Labute approximate surface area is 458 Å². The predicted molar refractivity (Wildman–Crippen MR) is 289 cm³/mol. The van der Waals surface area contributed by atoms with Gasteiger partial charge in [0, 0.05) is 26.0 Å². The van der Waals surface area contributed by atoms with Crippen LogP contribution in [0.15, 0.2) is 48.6 Å². The number of allylic oxidation sites excluding steroid dienone is 1. The number of unbranched alkanes of at least 4 members (excludes halogenated alkanes) is 4. The van der Waals surface area contributed by atoms with Gasteiger partial charge in [-0.25, -0.2) is 4.79 Å². The number of hydrogen-bond donors (Lipinski definition) is 12. The van der Waals surface area contributed by atoms with Crippen molar-refractivity contribution < 1.29 is 73.4 Å². The maximum absolute atomic E-state index is 13.8. The van der Waals surface area contributed by atoms with E-state index in [-0.39, 0.29) is 24.5 Å². The van der Waals surface area contributed by atoms with Crippen molar-refractivity contribution in [1.82, 2.24) is 42.1 Å². The summed E-state index contributed by atoms with van der Waals surface area (Å²) in [7, 11) is 1.41. The molecule has 78 heavy (non-hydrogen) atoms. The highest BCUT2D eigenvalue weighted by Gasteiger charge is 2.37. The van der Waals surface area contributed by atoms with Crippen molar-refractivity contribution in [1.29, 1.82) is 0 Å². The van der Waals surface area contributed by atoms with Crippen molar-refractivity contribution in [2.45, 2.75) is 181 Å². The van der Waals surface area contributed by atoms with Crippen molar-refractivity contribution >= 4 is 53.2 Å². The van der Waals surface area contributed by atoms with Gasteiger partial charge in [-0.3, -0.25) is 38.4 Å². The van der Waals surface area contributed by atoms with Crippen LogP contribution >= 0.6 is 0 Å². The first-order chi connectivity index (χ1) is 36.7. The number of ether oxygens (including phenoxy) is 1. The van der Waals surface area contributed by atoms with Crippen molar-refractivity contribution in [3.05, 3.63) is 54.1 Å². The zero-order chi connectivity index (χ0) is 58.8. The van der Waals surface area contributed by atoms with Crippen LogP contribution in [-0.2, 0) is 54.3 Å². The van der Waals surface area contributed by atoms with Gasteiger partial charge in [0.05, 0.1) is 56.4 Å². The second-order valence-corrected chi connectivity index (χ2v) is 21.2. The highest BCUT2D eigenvalue weighted by Crippen LogP contribution is 2.18. The normalized spacial score (nSPS) is 19.5. The van der Waals surface area contributed by atoms with Crippen LogP contribution in [0, 0.1) is 23.7 Å². The maximum atomic E-state index is 13.8. The predicted octanol–water partition coefficient (Wildman–Crippen LogP) is 0.296. The summed E-state index contributed by atoms with van der Waals surface area (Å²) in [6.07, 6.45) is 6.45. The van der Waals surface area contributed by atoms with E-state index in [2.05, 4.69) is 44.1 Å². The summed E-state index contributed by atoms with van der Waals surface area (Å²) in [5.41, 5.74) is 0.591. The molecule has 0 radical (unpaired) electrons. The van der Waals surface area contributed by atoms with Crippen LogP contribution < -0.4 is 37.2 Å². The van der Waals surface area contributed by atoms with E-state index >= 15 is 0 Å². The molecule has 0 saturated carbocycles. The molecule has 1 aromatic rings. The number of esters is 1. The average molecular weight is 1100 g/mol. The number of rotatable bonds is 30. The number of aromatic hydroxyl groups is 1. The van der Waals surface area contributed by atoms with Gasteiger partial charge in [-0.05, 0) is 54.2 Å². The number of aliphatic hydroxyl groups excluding tert-OH is 4. The lowest BCUT2D eigenvalue weighted by molar-refractivity contribution is -0.156. The van der Waals surface area contributed by atoms with Crippen LogP contribution in [0.5, 0.6) is 5.75 Å². The first-order valence-electron chi connectivity index (χ1n) is 27.0. The molecule has 1 heterocycles. The summed E-state index contributed by atoms with van der Waals surface area (Å²) in [4.78, 5) is 122. The Hall–Kier alpha value is -6.43. The molecule has 23 heteroatoms. The van der Waals surface area contributed by atoms with E-state index in [1.54, 1.807) is 73.6 Å². The van der Waals surface area contributed by atoms with Crippen LogP contribution in [0.25, 0.3) is 0 Å². The molecule has 10 atom stereocenters. The van der Waals surface area contributed by atoms with Crippen molar-refractivity contribution in [2.75, 3.05) is 26.9 Å². The summed E-state index contributed by atoms with van der Waals surface area (Å²) >= 11 is 0. The molecule has 0 aliphatic carbocycles. The Kier molecular flexibility index (Phi) is 29.9. The molecule has 1 aliphatic heterocycles. The minimum atomic E-state index is -1.73. The molecule has 2 rings (SSSR count). The summed E-state index contributed by atoms with van der Waals surface area (Å²) < 4.78 is 5.64. The van der Waals surface area contributed by atoms with Gasteiger partial charge in [0.1, 0.15) is 42.6 Å². The number of carbonyl (C=O) groups excluding carboxylic acids is 9. The summed E-state index contributed by atoms with van der Waals surface area (Å²) in [5, 5.41) is 70.2. The number of nitrogens with one attached hydrogen (secondary N) is 7. The molecular weight excluding hydrogens is 1010 g/mol. The van der Waals surface area contributed by atoms with Crippen LogP contribution in [0.3, 0.4) is 0 Å². The number of hydrogen-bond acceptors (Lipinski definition) is 15. The Morgan fingerprint density at radius 2 is 1.21 bits per heavy atom. The Bertz CT molecular complexity index is 2190. The van der Waals surface area contributed by atoms with E-state index in [0.29, 0.717) is 5.56 Å². The van der Waals surface area contributed by atoms with Crippen LogP contribution in [0.4, 0.5) is 0 Å². The Morgan fingerprint density at radius 3 is 1.68 bits per heavy atom. The van der Waals surface area contributed by atoms with Crippen molar-refractivity contribution in [3.8, 4) is 5.75 Å². The fourth-order valence-electron chi connectivity index (χ4n) is 8.25. The molecule has 0 aromatic heterocycles. The lowest BCUT2D eigenvalue weighted by atomic mass is 9.99. The van der Waals surface area contributed by atoms with Gasteiger partial charge in [0.15, 0.2) is 0 Å². The fourth-order valence-corrected chi connectivity index (χ4v) is 8.25. The number of benzene rings is 1. The van der Waals surface area contributed by atoms with Crippen LogP contribution in [-0.4, -0.2) is 171 Å². The zero-order valence-corrected chi connectivity index (χ0v) is 47.0. The van der Waals surface area contributed by atoms with Gasteiger partial charge in [0.25, 0.3) is 0 Å². The van der Waals surface area contributed by atoms with E-state index in [0.717, 1.165) is 38.2 Å². The second-order valence-electron chi connectivity index (χ2n) is 21.2. The largest absolute Gasteiger partial charge is 0.508 e. The smallest absolute Gasteiger partial charge is 0.329 e. The molecular formula is C55H88N8O15. The number of aliphatic hydroxyl groups is 4. The molecule has 1 aromatic carbocycles. The molecule has 0 spiro atoms. The lowest BCUT2D eigenvalue weighted by Crippen LogP contribution is -2.58. The average Bonchev–Trinajstić information content (AvgIpc) is 3.38. The minimum absolute atomic E-state index is 0.00733. The SMILES string of the molecule is CCCCCC/C=C\CC(=O)N[C@H](C(=O)N[C@@H](CO)[C@@H](O)CC(=O)N[C@H](C(=O)N[C@@H](CO)[C@@H](O)CC(=O)N[C@H](C(=O)N[C@@H]1/C=C/C(=O)N[C@@H](C(C)C)C(=O)N(C)[C@@H](Cc2ccc(O)cc2)C(=O)OC1)C(C)C)C(C)C)C(C)C. The van der Waals surface area contributed by atoms with E-state index in [1.165, 1.54) is 30.2 Å². The van der Waals surface area contributed by atoms with E-state index < -0.39 is 164 Å². The molecule has 0 saturated heterocycles. The number of carbonyl (C=O) groups is 9. The molecule has 12 N–H and O–H groups in total. The number of phenols is 1. The van der Waals surface area contributed by atoms with Gasteiger partial charge in [-0.1, -0.05) is 112 Å². The van der Waals surface area contributed by atoms with Gasteiger partial charge in [0.2, 0.25) is 47.3 Å². The molecule has 8 amide bonds. The van der Waals surface area contributed by atoms with Gasteiger partial charge >= 0.3 is 5.97 Å². The van der Waals surface area contributed by atoms with Gasteiger partial charge < -0.3 is 72.4 Å². The minimum Gasteiger partial charge on any atom is -0.508 e. The number of amides is 8. The number of likely N-dealkylation sites (N-methyl/N-ethyl adjacent to an activating group) is 1. The van der Waals surface area contributed by atoms with E-state index in [9.17, 15) is 68.7 Å². The van der Waals surface area contributed by atoms with Crippen LogP contribution in [0.1, 0.15) is 119 Å². The summed E-state index contributed by atoms with van der Waals surface area (Å²) in [5.74, 6) is -8.46. The monoisotopic (exact) mass is 1100 g/mol. The lowest BCUT2D eigenvalue weighted by Gasteiger charge is -2.32.